The predicted molar refractivity (Wildman–Crippen MR) is 50.5 cm³/mol. The molecule has 13 heavy (non-hydrogen) atoms. The van der Waals surface area contributed by atoms with Crippen molar-refractivity contribution < 1.29 is 9.53 Å². The minimum Gasteiger partial charge on any atom is -0.370 e. The molecule has 0 radical (unpaired) electrons. The van der Waals surface area contributed by atoms with Crippen LogP contribution < -0.4 is 0 Å². The van der Waals surface area contributed by atoms with Crippen molar-refractivity contribution in [2.45, 2.75) is 44.6 Å². The summed E-state index contributed by atoms with van der Waals surface area (Å²) in [5, 5.41) is 0. The molecule has 0 bridgehead atoms. The molecule has 0 spiro atoms. The molecule has 0 aromatic rings. The van der Waals surface area contributed by atoms with E-state index in [1.165, 1.54) is 12.8 Å². The van der Waals surface area contributed by atoms with Gasteiger partial charge in [-0.15, -0.1) is 0 Å². The quantitative estimate of drug-likeness (QED) is 0.654. The van der Waals surface area contributed by atoms with Crippen LogP contribution in [0.15, 0.2) is 0 Å². The van der Waals surface area contributed by atoms with Gasteiger partial charge in [0.15, 0.2) is 5.78 Å². The highest BCUT2D eigenvalue weighted by Crippen LogP contribution is 2.52. The normalized spacial score (nSPS) is 44.0. The molecule has 2 aliphatic rings. The average Bonchev–Trinajstić information content (AvgIpc) is 2.18. The lowest BCUT2D eigenvalue weighted by Crippen LogP contribution is -2.65. The van der Waals surface area contributed by atoms with Crippen LogP contribution in [0.2, 0.25) is 0 Å². The van der Waals surface area contributed by atoms with Crippen LogP contribution in [0.4, 0.5) is 0 Å². The number of hydrogen-bond donors (Lipinski definition) is 0. The van der Waals surface area contributed by atoms with E-state index in [4.69, 9.17) is 4.74 Å². The second-order valence-electron chi connectivity index (χ2n) is 4.32. The zero-order valence-electron chi connectivity index (χ0n) is 8.51. The second kappa shape index (κ2) is 3.09. The number of carbonyl (C=O) groups is 1. The van der Waals surface area contributed by atoms with Crippen LogP contribution in [-0.4, -0.2) is 18.5 Å². The summed E-state index contributed by atoms with van der Waals surface area (Å²) in [4.78, 5) is 11.9. The molecule has 0 aromatic carbocycles. The van der Waals surface area contributed by atoms with Gasteiger partial charge in [0.1, 0.15) is 5.60 Å². The van der Waals surface area contributed by atoms with E-state index in [0.29, 0.717) is 17.6 Å². The van der Waals surface area contributed by atoms with Crippen LogP contribution in [-0.2, 0) is 9.53 Å². The molecule has 2 fully saturated rings. The minimum atomic E-state index is -0.348. The molecule has 2 nitrogen and oxygen atoms in total. The summed E-state index contributed by atoms with van der Waals surface area (Å²) >= 11 is 0. The van der Waals surface area contributed by atoms with Gasteiger partial charge in [-0.25, -0.2) is 0 Å². The number of hydrogen-bond acceptors (Lipinski definition) is 2. The van der Waals surface area contributed by atoms with E-state index in [9.17, 15) is 4.79 Å². The van der Waals surface area contributed by atoms with Gasteiger partial charge in [-0.1, -0.05) is 19.8 Å². The van der Waals surface area contributed by atoms with Gasteiger partial charge in [-0.2, -0.15) is 0 Å². The van der Waals surface area contributed by atoms with Crippen molar-refractivity contribution in [2.24, 2.45) is 11.8 Å². The van der Waals surface area contributed by atoms with Crippen LogP contribution in [0.1, 0.15) is 39.0 Å². The summed E-state index contributed by atoms with van der Waals surface area (Å²) in [6, 6.07) is 0. The molecular weight excluding hydrogens is 164 g/mol. The van der Waals surface area contributed by atoms with E-state index in [0.717, 1.165) is 19.3 Å². The lowest BCUT2D eigenvalue weighted by Gasteiger charge is -2.54. The topological polar surface area (TPSA) is 26.3 Å². The highest BCUT2D eigenvalue weighted by atomic mass is 16.5. The summed E-state index contributed by atoms with van der Waals surface area (Å²) in [6.07, 6.45) is 5.59. The van der Waals surface area contributed by atoms with Gasteiger partial charge in [-0.3, -0.25) is 4.79 Å². The first-order valence-corrected chi connectivity index (χ1v) is 5.35. The Kier molecular flexibility index (Phi) is 2.18. The predicted octanol–water partition coefficient (Wildman–Crippen LogP) is 2.17. The standard InChI is InChI=1S/C11H18O2/c1-3-8-9-6-4-5-7-11(9,13-2)10(8)12/h8-9H,3-7H2,1-2H3. The summed E-state index contributed by atoms with van der Waals surface area (Å²) in [6.45, 7) is 2.11. The van der Waals surface area contributed by atoms with E-state index >= 15 is 0 Å². The fourth-order valence-corrected chi connectivity index (χ4v) is 3.23. The Labute approximate surface area is 79.7 Å². The van der Waals surface area contributed by atoms with Gasteiger partial charge in [0, 0.05) is 18.9 Å². The van der Waals surface area contributed by atoms with Crippen molar-refractivity contribution in [3.8, 4) is 0 Å². The first-order valence-electron chi connectivity index (χ1n) is 5.35. The lowest BCUT2D eigenvalue weighted by atomic mass is 9.53. The van der Waals surface area contributed by atoms with Crippen molar-refractivity contribution in [3.05, 3.63) is 0 Å². The van der Waals surface area contributed by atoms with Gasteiger partial charge in [0.25, 0.3) is 0 Å². The Balaban J connectivity index is 2.18. The third kappa shape index (κ3) is 1.01. The van der Waals surface area contributed by atoms with Crippen molar-refractivity contribution >= 4 is 5.78 Å². The van der Waals surface area contributed by atoms with Gasteiger partial charge < -0.3 is 4.74 Å². The first-order chi connectivity index (χ1) is 6.26. The van der Waals surface area contributed by atoms with Crippen molar-refractivity contribution in [1.82, 2.24) is 0 Å². The molecule has 0 aromatic heterocycles. The molecule has 0 saturated heterocycles. The number of ketones is 1. The highest BCUT2D eigenvalue weighted by Gasteiger charge is 2.61. The van der Waals surface area contributed by atoms with E-state index in [1.807, 2.05) is 0 Å². The van der Waals surface area contributed by atoms with Gasteiger partial charge in [0.05, 0.1) is 0 Å². The molecule has 74 valence electrons. The zero-order chi connectivity index (χ0) is 9.47. The third-order valence-corrected chi connectivity index (χ3v) is 3.96. The molecule has 0 heterocycles. The molecule has 2 aliphatic carbocycles. The number of rotatable bonds is 2. The van der Waals surface area contributed by atoms with Crippen LogP contribution in [0, 0.1) is 11.8 Å². The van der Waals surface area contributed by atoms with Gasteiger partial charge in [-0.05, 0) is 19.3 Å². The molecule has 0 amide bonds. The van der Waals surface area contributed by atoms with E-state index in [1.54, 1.807) is 7.11 Å². The van der Waals surface area contributed by atoms with E-state index in [-0.39, 0.29) is 5.60 Å². The SMILES string of the molecule is CCC1C(=O)C2(OC)CCCCC12. The Hall–Kier alpha value is -0.370. The largest absolute Gasteiger partial charge is 0.370 e. The molecule has 2 rings (SSSR count). The maximum atomic E-state index is 11.9. The summed E-state index contributed by atoms with van der Waals surface area (Å²) in [5.41, 5.74) is -0.348. The molecule has 3 unspecified atom stereocenters. The Morgan fingerprint density at radius 3 is 2.92 bits per heavy atom. The van der Waals surface area contributed by atoms with Crippen LogP contribution in [0.3, 0.4) is 0 Å². The number of Topliss-reactive ketones (excluding diaryl/α,β-unsaturated/α-hetero) is 1. The molecule has 0 aliphatic heterocycles. The lowest BCUT2D eigenvalue weighted by molar-refractivity contribution is -0.192. The second-order valence-corrected chi connectivity index (χ2v) is 4.32. The molecule has 2 saturated carbocycles. The average molecular weight is 182 g/mol. The van der Waals surface area contributed by atoms with Gasteiger partial charge in [0.2, 0.25) is 0 Å². The van der Waals surface area contributed by atoms with Crippen LogP contribution in [0.25, 0.3) is 0 Å². The van der Waals surface area contributed by atoms with Crippen molar-refractivity contribution in [2.75, 3.05) is 7.11 Å². The van der Waals surface area contributed by atoms with Gasteiger partial charge >= 0.3 is 0 Å². The fourth-order valence-electron chi connectivity index (χ4n) is 3.23. The number of ether oxygens (including phenoxy) is 1. The Morgan fingerprint density at radius 1 is 1.54 bits per heavy atom. The summed E-state index contributed by atoms with van der Waals surface area (Å²) in [7, 11) is 1.70. The minimum absolute atomic E-state index is 0.306. The maximum Gasteiger partial charge on any atom is 0.168 e. The Morgan fingerprint density at radius 2 is 2.31 bits per heavy atom. The molecule has 0 N–H and O–H groups in total. The molecule has 2 heteroatoms. The number of methoxy groups -OCH3 is 1. The maximum absolute atomic E-state index is 11.9. The van der Waals surface area contributed by atoms with E-state index in [2.05, 4.69) is 6.92 Å². The monoisotopic (exact) mass is 182 g/mol. The summed E-state index contributed by atoms with van der Waals surface area (Å²) in [5.74, 6) is 1.21. The van der Waals surface area contributed by atoms with Crippen LogP contribution in [0.5, 0.6) is 0 Å². The smallest absolute Gasteiger partial charge is 0.168 e. The van der Waals surface area contributed by atoms with Crippen molar-refractivity contribution in [3.63, 3.8) is 0 Å². The highest BCUT2D eigenvalue weighted by molar-refractivity contribution is 5.96. The Bertz CT molecular complexity index is 224. The van der Waals surface area contributed by atoms with E-state index < -0.39 is 0 Å². The number of fused-ring (bicyclic) bond motifs is 1. The van der Waals surface area contributed by atoms with Crippen molar-refractivity contribution in [1.29, 1.82) is 0 Å². The fraction of sp³-hybridized carbons (Fsp3) is 0.909. The third-order valence-electron chi connectivity index (χ3n) is 3.96. The van der Waals surface area contributed by atoms with Crippen LogP contribution >= 0.6 is 0 Å². The summed E-state index contributed by atoms with van der Waals surface area (Å²) < 4.78 is 5.47. The molecular formula is C11H18O2. The molecule has 3 atom stereocenters. The first kappa shape index (κ1) is 9.20. The zero-order valence-corrected chi connectivity index (χ0v) is 8.51. The number of carbonyl (C=O) groups excluding carboxylic acids is 1.